The molecule has 0 bridgehead atoms. The molecule has 0 aliphatic heterocycles. The minimum atomic E-state index is -0.924. The first-order chi connectivity index (χ1) is 18.0. The molecule has 0 spiro atoms. The van der Waals surface area contributed by atoms with Crippen LogP contribution in [0.2, 0.25) is 0 Å². The smallest absolute Gasteiger partial charge is 0.408 e. The summed E-state index contributed by atoms with van der Waals surface area (Å²) in [5.74, 6) is -1.21. The van der Waals surface area contributed by atoms with Gasteiger partial charge in [-0.05, 0) is 22.6 Å². The van der Waals surface area contributed by atoms with Crippen molar-refractivity contribution in [2.24, 2.45) is 5.92 Å². The molecule has 0 fully saturated rings. The molecule has 3 rings (SSSR count). The number of benzene rings is 3. The van der Waals surface area contributed by atoms with Crippen LogP contribution >= 0.6 is 0 Å². The number of rotatable bonds is 12. The minimum Gasteiger partial charge on any atom is -0.459 e. The molecular formula is C30H34N2O5. The van der Waals surface area contributed by atoms with Crippen LogP contribution < -0.4 is 10.6 Å². The van der Waals surface area contributed by atoms with Crippen LogP contribution in [0.5, 0.6) is 0 Å². The predicted octanol–water partition coefficient (Wildman–Crippen LogP) is 4.80. The third-order valence-electron chi connectivity index (χ3n) is 6.09. The van der Waals surface area contributed by atoms with Crippen molar-refractivity contribution in [1.29, 1.82) is 0 Å². The van der Waals surface area contributed by atoms with Gasteiger partial charge in [-0.2, -0.15) is 0 Å². The molecule has 0 aliphatic rings. The van der Waals surface area contributed by atoms with Gasteiger partial charge in [0, 0.05) is 6.42 Å². The molecule has 37 heavy (non-hydrogen) atoms. The van der Waals surface area contributed by atoms with Crippen LogP contribution in [-0.2, 0) is 38.7 Å². The Bertz CT molecular complexity index is 1120. The van der Waals surface area contributed by atoms with Crippen LogP contribution in [0.1, 0.15) is 37.0 Å². The number of nitrogens with one attached hydrogen (secondary N) is 2. The van der Waals surface area contributed by atoms with Crippen molar-refractivity contribution in [3.63, 3.8) is 0 Å². The second-order valence-electron chi connectivity index (χ2n) is 8.91. The molecule has 0 saturated heterocycles. The molecule has 0 radical (unpaired) electrons. The van der Waals surface area contributed by atoms with Crippen molar-refractivity contribution in [3.05, 3.63) is 108 Å². The molecule has 7 nitrogen and oxygen atoms in total. The normalized spacial score (nSPS) is 13.0. The highest BCUT2D eigenvalue weighted by atomic mass is 16.5. The van der Waals surface area contributed by atoms with Crippen molar-refractivity contribution in [2.45, 2.75) is 52.0 Å². The number of esters is 1. The Morgan fingerprint density at radius 1 is 0.703 bits per heavy atom. The zero-order valence-electron chi connectivity index (χ0n) is 21.3. The van der Waals surface area contributed by atoms with E-state index in [1.807, 2.05) is 105 Å². The van der Waals surface area contributed by atoms with Gasteiger partial charge in [0.25, 0.3) is 0 Å². The maximum absolute atomic E-state index is 13.3. The van der Waals surface area contributed by atoms with Gasteiger partial charge in [-0.3, -0.25) is 4.79 Å². The molecule has 2 N–H and O–H groups in total. The standard InChI is InChI=1S/C30H34N2O5/c1-3-22(2)27(32-30(35)37-21-25-17-11-6-12-18-25)28(33)31-26(19-23-13-7-4-8-14-23)29(34)36-20-24-15-9-5-10-16-24/h4-18,22,26-27H,3,19-21H2,1-2H3,(H,31,33)(H,32,35). The Morgan fingerprint density at radius 2 is 1.19 bits per heavy atom. The van der Waals surface area contributed by atoms with Gasteiger partial charge in [-0.1, -0.05) is 111 Å². The number of carbonyl (C=O) groups is 3. The van der Waals surface area contributed by atoms with Gasteiger partial charge in [0.05, 0.1) is 0 Å². The van der Waals surface area contributed by atoms with E-state index in [0.29, 0.717) is 6.42 Å². The number of ether oxygens (including phenoxy) is 2. The van der Waals surface area contributed by atoms with E-state index in [-0.39, 0.29) is 25.6 Å². The van der Waals surface area contributed by atoms with Crippen LogP contribution in [0.25, 0.3) is 0 Å². The average molecular weight is 503 g/mol. The van der Waals surface area contributed by atoms with Crippen molar-refractivity contribution < 1.29 is 23.9 Å². The highest BCUT2D eigenvalue weighted by molar-refractivity contribution is 5.90. The van der Waals surface area contributed by atoms with E-state index in [2.05, 4.69) is 10.6 Å². The topological polar surface area (TPSA) is 93.7 Å². The fourth-order valence-corrected chi connectivity index (χ4v) is 3.73. The molecule has 0 heterocycles. The van der Waals surface area contributed by atoms with Crippen molar-refractivity contribution in [2.75, 3.05) is 0 Å². The third-order valence-corrected chi connectivity index (χ3v) is 6.09. The lowest BCUT2D eigenvalue weighted by molar-refractivity contribution is -0.149. The van der Waals surface area contributed by atoms with Gasteiger partial charge in [0.15, 0.2) is 0 Å². The minimum absolute atomic E-state index is 0.0873. The first kappa shape index (κ1) is 27.5. The molecule has 3 aromatic rings. The van der Waals surface area contributed by atoms with Gasteiger partial charge in [0.1, 0.15) is 25.3 Å². The maximum atomic E-state index is 13.3. The first-order valence-corrected chi connectivity index (χ1v) is 12.5. The molecule has 3 atom stereocenters. The number of hydrogen-bond acceptors (Lipinski definition) is 5. The van der Waals surface area contributed by atoms with E-state index in [4.69, 9.17) is 9.47 Å². The monoisotopic (exact) mass is 502 g/mol. The number of hydrogen-bond donors (Lipinski definition) is 2. The quantitative estimate of drug-likeness (QED) is 0.347. The van der Waals surface area contributed by atoms with E-state index in [1.165, 1.54) is 0 Å². The van der Waals surface area contributed by atoms with E-state index >= 15 is 0 Å². The maximum Gasteiger partial charge on any atom is 0.408 e. The molecule has 194 valence electrons. The summed E-state index contributed by atoms with van der Waals surface area (Å²) in [4.78, 5) is 38.9. The number of carbonyl (C=O) groups excluding carboxylic acids is 3. The first-order valence-electron chi connectivity index (χ1n) is 12.5. The van der Waals surface area contributed by atoms with Gasteiger partial charge in [-0.15, -0.1) is 0 Å². The molecule has 7 heteroatoms. The Labute approximate surface area is 218 Å². The fraction of sp³-hybridized carbons (Fsp3) is 0.300. The zero-order valence-corrected chi connectivity index (χ0v) is 21.3. The zero-order chi connectivity index (χ0) is 26.5. The summed E-state index contributed by atoms with van der Waals surface area (Å²) in [7, 11) is 0. The molecule has 3 aromatic carbocycles. The second kappa shape index (κ2) is 14.4. The highest BCUT2D eigenvalue weighted by Gasteiger charge is 2.31. The number of amides is 2. The summed E-state index contributed by atoms with van der Waals surface area (Å²) in [5, 5.41) is 5.49. The van der Waals surface area contributed by atoms with Gasteiger partial charge in [0.2, 0.25) is 5.91 Å². The predicted molar refractivity (Wildman–Crippen MR) is 141 cm³/mol. The fourth-order valence-electron chi connectivity index (χ4n) is 3.73. The summed E-state index contributed by atoms with van der Waals surface area (Å²) < 4.78 is 10.9. The molecular weight excluding hydrogens is 468 g/mol. The Kier molecular flexibility index (Phi) is 10.7. The van der Waals surface area contributed by atoms with E-state index in [1.54, 1.807) is 0 Å². The van der Waals surface area contributed by atoms with Crippen LogP contribution in [0.15, 0.2) is 91.0 Å². The van der Waals surface area contributed by atoms with Crippen molar-refractivity contribution in [1.82, 2.24) is 10.6 Å². The van der Waals surface area contributed by atoms with Gasteiger partial charge >= 0.3 is 12.1 Å². The Balaban J connectivity index is 1.67. The van der Waals surface area contributed by atoms with Crippen LogP contribution in [0, 0.1) is 5.92 Å². The van der Waals surface area contributed by atoms with E-state index < -0.39 is 30.1 Å². The summed E-state index contributed by atoms with van der Waals surface area (Å²) in [6.07, 6.45) is 0.195. The summed E-state index contributed by atoms with van der Waals surface area (Å²) in [5.41, 5.74) is 2.56. The van der Waals surface area contributed by atoms with Crippen molar-refractivity contribution >= 4 is 18.0 Å². The lowest BCUT2D eigenvalue weighted by Crippen LogP contribution is -2.54. The lowest BCUT2D eigenvalue weighted by atomic mass is 9.97. The lowest BCUT2D eigenvalue weighted by Gasteiger charge is -2.26. The molecule has 0 aliphatic carbocycles. The third kappa shape index (κ3) is 9.11. The molecule has 0 aromatic heterocycles. The van der Waals surface area contributed by atoms with Crippen molar-refractivity contribution in [3.8, 4) is 0 Å². The van der Waals surface area contributed by atoms with Crippen LogP contribution in [-0.4, -0.2) is 30.1 Å². The molecule has 3 unspecified atom stereocenters. The summed E-state index contributed by atoms with van der Waals surface area (Å²) in [6, 6.07) is 26.2. The van der Waals surface area contributed by atoms with Gasteiger partial charge in [-0.25, -0.2) is 9.59 Å². The van der Waals surface area contributed by atoms with Crippen LogP contribution in [0.3, 0.4) is 0 Å². The molecule has 2 amide bonds. The SMILES string of the molecule is CCC(C)C(NC(=O)OCc1ccccc1)C(=O)NC(Cc1ccccc1)C(=O)OCc1ccccc1. The summed E-state index contributed by atoms with van der Waals surface area (Å²) >= 11 is 0. The Morgan fingerprint density at radius 3 is 1.70 bits per heavy atom. The number of alkyl carbamates (subject to hydrolysis) is 1. The Hall–Kier alpha value is -4.13. The largest absolute Gasteiger partial charge is 0.459 e. The average Bonchev–Trinajstić information content (AvgIpc) is 2.94. The second-order valence-corrected chi connectivity index (χ2v) is 8.91. The molecule has 0 saturated carbocycles. The summed E-state index contributed by atoms with van der Waals surface area (Å²) in [6.45, 7) is 3.98. The highest BCUT2D eigenvalue weighted by Crippen LogP contribution is 2.12. The van der Waals surface area contributed by atoms with Gasteiger partial charge < -0.3 is 20.1 Å². The van der Waals surface area contributed by atoms with E-state index in [9.17, 15) is 14.4 Å². The van der Waals surface area contributed by atoms with Crippen LogP contribution in [0.4, 0.5) is 4.79 Å². The van der Waals surface area contributed by atoms with E-state index in [0.717, 1.165) is 16.7 Å².